The van der Waals surface area contributed by atoms with Crippen LogP contribution >= 0.6 is 0 Å². The molecule has 0 radical (unpaired) electrons. The number of piperidine rings is 1. The monoisotopic (exact) mass is 304 g/mol. The molecule has 2 aliphatic rings. The zero-order valence-electron chi connectivity index (χ0n) is 12.5. The van der Waals surface area contributed by atoms with Crippen molar-refractivity contribution >= 4 is 11.9 Å². The van der Waals surface area contributed by atoms with Crippen molar-refractivity contribution in [2.45, 2.75) is 31.4 Å². The first kappa shape index (κ1) is 14.8. The highest BCUT2D eigenvalue weighted by Crippen LogP contribution is 2.47. The van der Waals surface area contributed by atoms with Crippen molar-refractivity contribution in [1.29, 1.82) is 0 Å². The van der Waals surface area contributed by atoms with Gasteiger partial charge in [0, 0.05) is 38.3 Å². The fraction of sp³-hybridized carbons (Fsp3) is 0.500. The van der Waals surface area contributed by atoms with Crippen molar-refractivity contribution in [1.82, 2.24) is 4.90 Å². The maximum atomic E-state index is 11.7. The Morgan fingerprint density at radius 2 is 2.18 bits per heavy atom. The Kier molecular flexibility index (Phi) is 3.56. The van der Waals surface area contributed by atoms with Gasteiger partial charge in [-0.1, -0.05) is 18.2 Å². The molecule has 6 nitrogen and oxygen atoms in total. The smallest absolute Gasteiger partial charge is 0.303 e. The highest BCUT2D eigenvalue weighted by atomic mass is 16.5. The number of fused-ring (bicyclic) bond motifs is 2. The number of ether oxygens (including phenoxy) is 1. The summed E-state index contributed by atoms with van der Waals surface area (Å²) in [5.74, 6) is -0.714. The first-order valence-corrected chi connectivity index (χ1v) is 7.45. The summed E-state index contributed by atoms with van der Waals surface area (Å²) in [7, 11) is 0. The number of aliphatic carboxylic acids is 1. The van der Waals surface area contributed by atoms with Crippen LogP contribution in [-0.2, 0) is 9.59 Å². The highest BCUT2D eigenvalue weighted by molar-refractivity contribution is 5.73. The molecular formula is C16H20N2O4. The number of carbonyl (C=O) groups is 2. The Hall–Kier alpha value is -2.08. The molecule has 0 spiro atoms. The minimum atomic E-state index is -0.916. The second-order valence-electron chi connectivity index (χ2n) is 6.12. The molecule has 0 aromatic heterocycles. The minimum absolute atomic E-state index is 0.0181. The van der Waals surface area contributed by atoms with Crippen LogP contribution in [0.5, 0.6) is 5.75 Å². The Bertz CT molecular complexity index is 618. The van der Waals surface area contributed by atoms with Crippen molar-refractivity contribution < 1.29 is 19.4 Å². The molecule has 3 N–H and O–H groups in total. The fourth-order valence-electron chi connectivity index (χ4n) is 3.60. The van der Waals surface area contributed by atoms with E-state index in [9.17, 15) is 14.7 Å². The molecule has 0 aliphatic carbocycles. The van der Waals surface area contributed by atoms with Gasteiger partial charge in [-0.05, 0) is 11.6 Å². The summed E-state index contributed by atoms with van der Waals surface area (Å²) in [6.45, 7) is 2.48. The summed E-state index contributed by atoms with van der Waals surface area (Å²) >= 11 is 0. The number of nitrogens with two attached hydrogens (primary N) is 1. The van der Waals surface area contributed by atoms with Crippen LogP contribution in [0.2, 0.25) is 0 Å². The number of carbonyl (C=O) groups excluding carboxylic acids is 1. The van der Waals surface area contributed by atoms with Crippen LogP contribution in [-0.4, -0.2) is 40.7 Å². The first-order chi connectivity index (χ1) is 10.4. The van der Waals surface area contributed by atoms with Gasteiger partial charge in [-0.3, -0.25) is 15.3 Å². The van der Waals surface area contributed by atoms with E-state index in [2.05, 4.69) is 0 Å². The van der Waals surface area contributed by atoms with Crippen molar-refractivity contribution in [2.75, 3.05) is 13.1 Å². The summed E-state index contributed by atoms with van der Waals surface area (Å²) in [4.78, 5) is 24.7. The summed E-state index contributed by atoms with van der Waals surface area (Å²) < 4.78 is 6.01. The molecule has 0 bridgehead atoms. The number of carboxylic acids is 1. The van der Waals surface area contributed by atoms with Gasteiger partial charge in [-0.25, -0.2) is 0 Å². The maximum absolute atomic E-state index is 11.7. The van der Waals surface area contributed by atoms with E-state index in [0.717, 1.165) is 5.56 Å². The Labute approximate surface area is 128 Å². The summed E-state index contributed by atoms with van der Waals surface area (Å²) in [6.07, 6.45) is 0.484. The van der Waals surface area contributed by atoms with Crippen LogP contribution < -0.4 is 10.5 Å². The predicted molar refractivity (Wildman–Crippen MR) is 79.3 cm³/mol. The molecule has 6 heteroatoms. The van der Waals surface area contributed by atoms with Gasteiger partial charge in [0.1, 0.15) is 5.75 Å². The number of likely N-dealkylation sites (tertiary alicyclic amines) is 1. The van der Waals surface area contributed by atoms with Crippen molar-refractivity contribution in [3.63, 3.8) is 0 Å². The Morgan fingerprint density at radius 3 is 2.86 bits per heavy atom. The number of hydrogen-bond acceptors (Lipinski definition) is 4. The van der Waals surface area contributed by atoms with Gasteiger partial charge in [0.05, 0.1) is 6.42 Å². The number of amides is 1. The third-order valence-corrected chi connectivity index (χ3v) is 4.76. The topological polar surface area (TPSA) is 92.9 Å². The quantitative estimate of drug-likeness (QED) is 0.855. The molecule has 3 atom stereocenters. The van der Waals surface area contributed by atoms with Gasteiger partial charge in [-0.15, -0.1) is 0 Å². The second-order valence-corrected chi connectivity index (χ2v) is 6.12. The molecule has 3 unspecified atom stereocenters. The van der Waals surface area contributed by atoms with E-state index in [4.69, 9.17) is 10.5 Å². The van der Waals surface area contributed by atoms with Crippen molar-refractivity contribution in [3.05, 3.63) is 29.8 Å². The lowest BCUT2D eigenvalue weighted by Gasteiger charge is -2.51. The van der Waals surface area contributed by atoms with Gasteiger partial charge >= 0.3 is 5.97 Å². The van der Waals surface area contributed by atoms with Crippen LogP contribution in [0.1, 0.15) is 31.2 Å². The van der Waals surface area contributed by atoms with E-state index in [1.165, 1.54) is 6.92 Å². The van der Waals surface area contributed by atoms with Crippen LogP contribution in [0, 0.1) is 5.92 Å². The number of para-hydroxylation sites is 1. The van der Waals surface area contributed by atoms with E-state index in [1.54, 1.807) is 4.90 Å². The van der Waals surface area contributed by atoms with Gasteiger partial charge < -0.3 is 14.7 Å². The molecule has 0 saturated carbocycles. The average molecular weight is 304 g/mol. The molecule has 1 aromatic carbocycles. The average Bonchev–Trinajstić information content (AvgIpc) is 2.45. The lowest BCUT2D eigenvalue weighted by atomic mass is 9.72. The predicted octanol–water partition coefficient (Wildman–Crippen LogP) is 1.16. The molecule has 1 amide bonds. The highest BCUT2D eigenvalue weighted by Gasteiger charge is 2.51. The van der Waals surface area contributed by atoms with Gasteiger partial charge in [0.25, 0.3) is 0 Å². The van der Waals surface area contributed by atoms with Crippen LogP contribution in [0.4, 0.5) is 0 Å². The van der Waals surface area contributed by atoms with E-state index < -0.39 is 11.7 Å². The van der Waals surface area contributed by atoms with E-state index in [0.29, 0.717) is 25.3 Å². The van der Waals surface area contributed by atoms with Gasteiger partial charge in [0.15, 0.2) is 5.72 Å². The zero-order valence-corrected chi connectivity index (χ0v) is 12.5. The van der Waals surface area contributed by atoms with E-state index in [-0.39, 0.29) is 24.2 Å². The molecule has 118 valence electrons. The molecule has 22 heavy (non-hydrogen) atoms. The molecule has 3 rings (SSSR count). The summed E-state index contributed by atoms with van der Waals surface area (Å²) in [5.41, 5.74) is 6.40. The van der Waals surface area contributed by atoms with Gasteiger partial charge in [-0.2, -0.15) is 0 Å². The summed E-state index contributed by atoms with van der Waals surface area (Å²) in [6, 6.07) is 7.43. The molecule has 1 fully saturated rings. The Morgan fingerprint density at radius 1 is 1.45 bits per heavy atom. The molecule has 1 saturated heterocycles. The third kappa shape index (κ3) is 2.43. The van der Waals surface area contributed by atoms with Crippen LogP contribution in [0.15, 0.2) is 24.3 Å². The van der Waals surface area contributed by atoms with Gasteiger partial charge in [0.2, 0.25) is 5.91 Å². The molecule has 2 heterocycles. The number of hydrogen-bond donors (Lipinski definition) is 2. The maximum Gasteiger partial charge on any atom is 0.303 e. The number of nitrogens with zero attached hydrogens (tertiary/aromatic N) is 1. The number of carboxylic acid groups (broad SMARTS) is 1. The normalized spacial score (nSPS) is 30.0. The van der Waals surface area contributed by atoms with Crippen LogP contribution in [0.3, 0.4) is 0 Å². The molecular weight excluding hydrogens is 284 g/mol. The lowest BCUT2D eigenvalue weighted by Crippen LogP contribution is -2.64. The Balaban J connectivity index is 2.01. The van der Waals surface area contributed by atoms with E-state index in [1.807, 2.05) is 24.3 Å². The zero-order chi connectivity index (χ0) is 15.9. The molecule has 2 aliphatic heterocycles. The largest absolute Gasteiger partial charge is 0.481 e. The third-order valence-electron chi connectivity index (χ3n) is 4.76. The number of benzene rings is 1. The standard InChI is InChI=1S/C16H20N2O4/c1-10(19)18-7-6-16(17)13(9-18)12(8-15(20)21)11-4-2-3-5-14(11)22-16/h2-5,12-13H,6-9,17H2,1H3,(H,20,21). The molecule has 1 aromatic rings. The van der Waals surface area contributed by atoms with E-state index >= 15 is 0 Å². The SMILES string of the molecule is CC(=O)N1CCC2(N)Oc3ccccc3C(CC(=O)O)C2C1. The number of rotatable bonds is 2. The van der Waals surface area contributed by atoms with Crippen LogP contribution in [0.25, 0.3) is 0 Å². The van der Waals surface area contributed by atoms with Crippen molar-refractivity contribution in [2.24, 2.45) is 11.7 Å². The first-order valence-electron chi connectivity index (χ1n) is 7.45. The fourth-order valence-corrected chi connectivity index (χ4v) is 3.60. The minimum Gasteiger partial charge on any atom is -0.481 e. The van der Waals surface area contributed by atoms with Crippen molar-refractivity contribution in [3.8, 4) is 5.75 Å². The second kappa shape index (κ2) is 5.28. The summed E-state index contributed by atoms with van der Waals surface area (Å²) in [5, 5.41) is 9.28. The lowest BCUT2D eigenvalue weighted by molar-refractivity contribution is -0.142.